The van der Waals surface area contributed by atoms with Gasteiger partial charge in [0.05, 0.1) is 36.6 Å². The van der Waals surface area contributed by atoms with Gasteiger partial charge in [0, 0.05) is 18.0 Å². The molecule has 3 aromatic rings. The predicted octanol–water partition coefficient (Wildman–Crippen LogP) is 2.14. The molecular weight excluding hydrogens is 274 g/mol. The first kappa shape index (κ1) is 12.9. The molecule has 0 saturated heterocycles. The van der Waals surface area contributed by atoms with Gasteiger partial charge >= 0.3 is 0 Å². The van der Waals surface area contributed by atoms with Crippen molar-refractivity contribution in [2.75, 3.05) is 18.6 Å². The minimum atomic E-state index is 0.686. The molecule has 0 unspecified atom stereocenters. The van der Waals surface area contributed by atoms with Gasteiger partial charge in [-0.05, 0) is 12.1 Å². The van der Waals surface area contributed by atoms with Crippen LogP contribution in [0.2, 0.25) is 0 Å². The number of thioether (sulfide) groups is 1. The zero-order valence-corrected chi connectivity index (χ0v) is 11.9. The maximum Gasteiger partial charge on any atom is 0.166 e. The van der Waals surface area contributed by atoms with Crippen LogP contribution >= 0.6 is 11.8 Å². The Bertz CT molecular complexity index is 720. The number of rotatable bonds is 5. The molecule has 0 spiro atoms. The number of nitrogen functional groups attached to an aromatic ring is 1. The van der Waals surface area contributed by atoms with E-state index < -0.39 is 0 Å². The number of ether oxygens (including phenoxy) is 1. The fourth-order valence-electron chi connectivity index (χ4n) is 1.90. The summed E-state index contributed by atoms with van der Waals surface area (Å²) in [7, 11) is 1.66. The van der Waals surface area contributed by atoms with Crippen LogP contribution in [0.5, 0.6) is 5.75 Å². The first-order valence-electron chi connectivity index (χ1n) is 6.19. The van der Waals surface area contributed by atoms with Gasteiger partial charge in [-0.25, -0.2) is 4.98 Å². The van der Waals surface area contributed by atoms with Crippen molar-refractivity contribution in [3.63, 3.8) is 0 Å². The lowest BCUT2D eigenvalue weighted by atomic mass is 10.3. The third-order valence-electron chi connectivity index (χ3n) is 2.88. The molecule has 3 rings (SSSR count). The zero-order chi connectivity index (χ0) is 13.9. The minimum absolute atomic E-state index is 0.686. The lowest BCUT2D eigenvalue weighted by Crippen LogP contribution is -2.00. The Labute approximate surface area is 120 Å². The first-order chi connectivity index (χ1) is 9.74. The third kappa shape index (κ3) is 2.72. The van der Waals surface area contributed by atoms with Crippen LogP contribution < -0.4 is 10.5 Å². The van der Waals surface area contributed by atoms with E-state index in [0.29, 0.717) is 5.69 Å². The zero-order valence-electron chi connectivity index (χ0n) is 11.0. The molecule has 0 aliphatic rings. The fraction of sp³-hybridized carbons (Fsp3) is 0.231. The van der Waals surface area contributed by atoms with Crippen LogP contribution in [0.15, 0.2) is 35.7 Å². The highest BCUT2D eigenvalue weighted by molar-refractivity contribution is 7.99. The van der Waals surface area contributed by atoms with Crippen LogP contribution in [0.25, 0.3) is 11.0 Å². The Balaban J connectivity index is 1.65. The number of imidazole rings is 1. The summed E-state index contributed by atoms with van der Waals surface area (Å²) in [5.74, 6) is 1.70. The standard InChI is InChI=1S/C13H15N5OS/c1-19-10-2-3-11-12(6-10)17-13(16-11)20-5-4-18-8-9(14)7-15-18/h2-3,6-8H,4-5,14H2,1H3,(H,16,17). The molecule has 2 aromatic heterocycles. The average molecular weight is 289 g/mol. The summed E-state index contributed by atoms with van der Waals surface area (Å²) in [4.78, 5) is 7.80. The Morgan fingerprint density at radius 2 is 2.35 bits per heavy atom. The lowest BCUT2D eigenvalue weighted by molar-refractivity contribution is 0.415. The van der Waals surface area contributed by atoms with Gasteiger partial charge in [0.1, 0.15) is 5.75 Å². The van der Waals surface area contributed by atoms with Gasteiger partial charge in [-0.2, -0.15) is 5.10 Å². The van der Waals surface area contributed by atoms with Crippen molar-refractivity contribution in [2.24, 2.45) is 0 Å². The number of hydrogen-bond donors (Lipinski definition) is 2. The molecule has 0 atom stereocenters. The number of aromatic nitrogens is 4. The number of nitrogens with one attached hydrogen (secondary N) is 1. The summed E-state index contributed by atoms with van der Waals surface area (Å²) in [6, 6.07) is 5.80. The van der Waals surface area contributed by atoms with E-state index in [1.807, 2.05) is 29.1 Å². The molecule has 0 bridgehead atoms. The number of H-pyrrole nitrogens is 1. The van der Waals surface area contributed by atoms with E-state index in [-0.39, 0.29) is 0 Å². The van der Waals surface area contributed by atoms with Crippen molar-refractivity contribution < 1.29 is 4.74 Å². The summed E-state index contributed by atoms with van der Waals surface area (Å²) < 4.78 is 7.02. The monoisotopic (exact) mass is 289 g/mol. The molecule has 2 heterocycles. The summed E-state index contributed by atoms with van der Waals surface area (Å²) in [6.45, 7) is 0.794. The highest BCUT2D eigenvalue weighted by atomic mass is 32.2. The topological polar surface area (TPSA) is 81.8 Å². The molecule has 0 radical (unpaired) electrons. The quantitative estimate of drug-likeness (QED) is 0.703. The van der Waals surface area contributed by atoms with Crippen molar-refractivity contribution in [3.8, 4) is 5.75 Å². The van der Waals surface area contributed by atoms with Crippen molar-refractivity contribution in [1.29, 1.82) is 0 Å². The largest absolute Gasteiger partial charge is 0.497 e. The van der Waals surface area contributed by atoms with E-state index in [1.54, 1.807) is 25.1 Å². The highest BCUT2D eigenvalue weighted by Crippen LogP contribution is 2.23. The van der Waals surface area contributed by atoms with Crippen LogP contribution in [0.3, 0.4) is 0 Å². The molecule has 7 heteroatoms. The number of benzene rings is 1. The van der Waals surface area contributed by atoms with Gasteiger partial charge in [-0.1, -0.05) is 11.8 Å². The fourth-order valence-corrected chi connectivity index (χ4v) is 2.72. The smallest absolute Gasteiger partial charge is 0.166 e. The Hall–Kier alpha value is -2.15. The Kier molecular flexibility index (Phi) is 3.51. The van der Waals surface area contributed by atoms with Crippen molar-refractivity contribution in [2.45, 2.75) is 11.7 Å². The number of fused-ring (bicyclic) bond motifs is 1. The second kappa shape index (κ2) is 5.46. The maximum atomic E-state index is 5.62. The van der Waals surface area contributed by atoms with Gasteiger partial charge in [0.15, 0.2) is 5.16 Å². The van der Waals surface area contributed by atoms with Crippen LogP contribution in [-0.2, 0) is 6.54 Å². The van der Waals surface area contributed by atoms with Crippen LogP contribution in [0.4, 0.5) is 5.69 Å². The van der Waals surface area contributed by atoms with E-state index in [9.17, 15) is 0 Å². The second-order valence-electron chi connectivity index (χ2n) is 4.31. The minimum Gasteiger partial charge on any atom is -0.497 e. The summed E-state index contributed by atoms with van der Waals surface area (Å²) in [6.07, 6.45) is 3.47. The molecule has 0 aliphatic heterocycles. The molecule has 6 nitrogen and oxygen atoms in total. The molecule has 20 heavy (non-hydrogen) atoms. The normalized spacial score (nSPS) is 11.1. The summed E-state index contributed by atoms with van der Waals surface area (Å²) in [5, 5.41) is 5.04. The number of anilines is 1. The first-order valence-corrected chi connectivity index (χ1v) is 7.17. The van der Waals surface area contributed by atoms with Crippen LogP contribution in [0.1, 0.15) is 0 Å². The highest BCUT2D eigenvalue weighted by Gasteiger charge is 2.05. The second-order valence-corrected chi connectivity index (χ2v) is 5.39. The van der Waals surface area contributed by atoms with Gasteiger partial charge in [0.25, 0.3) is 0 Å². The number of hydrogen-bond acceptors (Lipinski definition) is 5. The lowest BCUT2D eigenvalue weighted by Gasteiger charge is -1.98. The van der Waals surface area contributed by atoms with E-state index in [1.165, 1.54) is 0 Å². The number of aryl methyl sites for hydroxylation is 1. The number of aromatic amines is 1. The van der Waals surface area contributed by atoms with Gasteiger partial charge < -0.3 is 15.5 Å². The van der Waals surface area contributed by atoms with Gasteiger partial charge in [-0.15, -0.1) is 0 Å². The van der Waals surface area contributed by atoms with Crippen molar-refractivity contribution in [1.82, 2.24) is 19.7 Å². The molecule has 0 aliphatic carbocycles. The molecule has 1 aromatic carbocycles. The SMILES string of the molecule is COc1ccc2nc(SCCn3cc(N)cn3)[nH]c2c1. The van der Waals surface area contributed by atoms with Crippen LogP contribution in [0, 0.1) is 0 Å². The van der Waals surface area contributed by atoms with E-state index in [0.717, 1.165) is 34.2 Å². The van der Waals surface area contributed by atoms with E-state index in [2.05, 4.69) is 15.1 Å². The Morgan fingerprint density at radius 3 is 3.10 bits per heavy atom. The molecule has 0 fully saturated rings. The van der Waals surface area contributed by atoms with Gasteiger partial charge in [-0.3, -0.25) is 4.68 Å². The summed E-state index contributed by atoms with van der Waals surface area (Å²) >= 11 is 1.65. The number of methoxy groups -OCH3 is 1. The third-order valence-corrected chi connectivity index (χ3v) is 3.73. The van der Waals surface area contributed by atoms with Crippen LogP contribution in [-0.4, -0.2) is 32.6 Å². The van der Waals surface area contributed by atoms with Gasteiger partial charge in [0.2, 0.25) is 0 Å². The Morgan fingerprint density at radius 1 is 1.45 bits per heavy atom. The molecular formula is C13H15N5OS. The molecule has 3 N–H and O–H groups in total. The average Bonchev–Trinajstić information content (AvgIpc) is 3.03. The number of nitrogens with zero attached hydrogens (tertiary/aromatic N) is 3. The molecule has 0 saturated carbocycles. The van der Waals surface area contributed by atoms with E-state index >= 15 is 0 Å². The number of nitrogens with two attached hydrogens (primary N) is 1. The molecule has 104 valence electrons. The maximum absolute atomic E-state index is 5.62. The predicted molar refractivity (Wildman–Crippen MR) is 80.0 cm³/mol. The van der Waals surface area contributed by atoms with Crippen molar-refractivity contribution in [3.05, 3.63) is 30.6 Å². The molecule has 0 amide bonds. The van der Waals surface area contributed by atoms with E-state index in [4.69, 9.17) is 10.5 Å². The summed E-state index contributed by atoms with van der Waals surface area (Å²) in [5.41, 5.74) is 8.23. The van der Waals surface area contributed by atoms with Crippen molar-refractivity contribution >= 4 is 28.5 Å².